The largest absolute Gasteiger partial charge is 0.460 e. The van der Waals surface area contributed by atoms with E-state index in [4.69, 9.17) is 4.74 Å². The molecule has 2 amide bonds. The number of rotatable bonds is 11. The summed E-state index contributed by atoms with van der Waals surface area (Å²) in [6.45, 7) is 9.00. The number of esters is 1. The fraction of sp³-hybridized carbons (Fsp3) is 0.462. The highest BCUT2D eigenvalue weighted by molar-refractivity contribution is 5.96. The number of carbonyl (C=O) groups is 4. The number of benzene rings is 2. The number of amides is 2. The highest BCUT2D eigenvalue weighted by Crippen LogP contribution is 2.22. The van der Waals surface area contributed by atoms with Crippen molar-refractivity contribution >= 4 is 40.5 Å². The molecule has 0 fully saturated rings. The summed E-state index contributed by atoms with van der Waals surface area (Å²) in [5.41, 5.74) is 0.122. The zero-order valence-corrected chi connectivity index (χ0v) is 20.5. The van der Waals surface area contributed by atoms with Gasteiger partial charge in [0.25, 0.3) is 0 Å². The minimum absolute atomic E-state index is 0.0229. The van der Waals surface area contributed by atoms with Gasteiger partial charge in [-0.2, -0.15) is 0 Å². The lowest BCUT2D eigenvalue weighted by atomic mass is 10.0. The van der Waals surface area contributed by atoms with Crippen molar-refractivity contribution < 1.29 is 23.9 Å². The molecule has 0 saturated carbocycles. The summed E-state index contributed by atoms with van der Waals surface area (Å²) in [6.07, 6.45) is 0.597. The maximum absolute atomic E-state index is 12.8. The van der Waals surface area contributed by atoms with Crippen LogP contribution in [0.4, 0.5) is 5.69 Å². The molecular formula is C26H35N3O5. The minimum Gasteiger partial charge on any atom is -0.460 e. The average Bonchev–Trinajstić information content (AvgIpc) is 2.75. The monoisotopic (exact) mass is 469 g/mol. The Kier molecular flexibility index (Phi) is 9.59. The number of fused-ring (bicyclic) bond motifs is 1. The minimum atomic E-state index is -1.04. The highest BCUT2D eigenvalue weighted by Gasteiger charge is 2.26. The number of hydrogen-bond acceptors (Lipinski definition) is 6. The summed E-state index contributed by atoms with van der Waals surface area (Å²) >= 11 is 0. The topological polar surface area (TPSA) is 114 Å². The maximum atomic E-state index is 12.8. The molecule has 2 atom stereocenters. The van der Waals surface area contributed by atoms with E-state index in [-0.39, 0.29) is 24.8 Å². The fourth-order valence-electron chi connectivity index (χ4n) is 3.48. The van der Waals surface area contributed by atoms with Crippen LogP contribution in [0, 0.1) is 5.92 Å². The van der Waals surface area contributed by atoms with E-state index >= 15 is 0 Å². The normalized spacial score (nSPS) is 13.1. The molecule has 184 valence electrons. The third-order valence-corrected chi connectivity index (χ3v) is 4.89. The summed E-state index contributed by atoms with van der Waals surface area (Å²) in [5, 5.41) is 10.5. The zero-order valence-electron chi connectivity index (χ0n) is 20.5. The second kappa shape index (κ2) is 12.2. The number of anilines is 1. The van der Waals surface area contributed by atoms with E-state index in [0.717, 1.165) is 16.5 Å². The van der Waals surface area contributed by atoms with Crippen LogP contribution in [0.5, 0.6) is 0 Å². The first-order valence-corrected chi connectivity index (χ1v) is 11.5. The van der Waals surface area contributed by atoms with Gasteiger partial charge in [-0.25, -0.2) is 0 Å². The summed E-state index contributed by atoms with van der Waals surface area (Å²) in [7, 11) is 0. The first-order valence-electron chi connectivity index (χ1n) is 11.5. The quantitative estimate of drug-likeness (QED) is 0.344. The van der Waals surface area contributed by atoms with Crippen LogP contribution in [0.3, 0.4) is 0 Å². The standard InChI is InChI=1S/C26H35N3O5/c1-17(2)13-22(25(33)28-19(16-30)14-24(32)34-26(3,4)5)29-23(31)15-27-21-12-8-10-18-9-6-7-11-20(18)21/h6-12,16-17,19,22,27H,13-15H2,1-5H3,(H,28,33)(H,29,31)/t19?,22-/m0/s1. The third-order valence-electron chi connectivity index (χ3n) is 4.89. The smallest absolute Gasteiger partial charge is 0.308 e. The van der Waals surface area contributed by atoms with Crippen molar-refractivity contribution in [2.24, 2.45) is 5.92 Å². The summed E-state index contributed by atoms with van der Waals surface area (Å²) in [5.74, 6) is -1.35. The van der Waals surface area contributed by atoms with Crippen molar-refractivity contribution in [1.29, 1.82) is 0 Å². The van der Waals surface area contributed by atoms with Gasteiger partial charge in [-0.3, -0.25) is 14.4 Å². The van der Waals surface area contributed by atoms with Crippen molar-refractivity contribution in [1.82, 2.24) is 10.6 Å². The number of nitrogens with one attached hydrogen (secondary N) is 3. The molecule has 0 radical (unpaired) electrons. The molecule has 1 unspecified atom stereocenters. The molecule has 8 heteroatoms. The number of aldehydes is 1. The van der Waals surface area contributed by atoms with Gasteiger partial charge in [0.15, 0.2) is 0 Å². The molecule has 0 spiro atoms. The molecule has 0 aliphatic heterocycles. The fourth-order valence-corrected chi connectivity index (χ4v) is 3.48. The van der Waals surface area contributed by atoms with E-state index in [2.05, 4.69) is 16.0 Å². The number of carbonyl (C=O) groups excluding carboxylic acids is 4. The molecule has 0 aliphatic carbocycles. The first-order chi connectivity index (χ1) is 16.0. The Morgan fingerprint density at radius 3 is 2.32 bits per heavy atom. The van der Waals surface area contributed by atoms with Crippen LogP contribution in [0.2, 0.25) is 0 Å². The van der Waals surface area contributed by atoms with Crippen molar-refractivity contribution in [3.63, 3.8) is 0 Å². The number of ether oxygens (including phenoxy) is 1. The second-order valence-corrected chi connectivity index (χ2v) is 9.67. The lowest BCUT2D eigenvalue weighted by Crippen LogP contribution is -2.52. The third kappa shape index (κ3) is 8.84. The van der Waals surface area contributed by atoms with E-state index in [9.17, 15) is 19.2 Å². The van der Waals surface area contributed by atoms with Gasteiger partial charge >= 0.3 is 5.97 Å². The van der Waals surface area contributed by atoms with Crippen molar-refractivity contribution in [2.75, 3.05) is 11.9 Å². The molecular weight excluding hydrogens is 434 g/mol. The van der Waals surface area contributed by atoms with Crippen LogP contribution in [0.1, 0.15) is 47.5 Å². The lowest BCUT2D eigenvalue weighted by Gasteiger charge is -2.24. The van der Waals surface area contributed by atoms with Crippen LogP contribution in [-0.4, -0.2) is 48.3 Å². The first kappa shape index (κ1) is 26.8. The molecule has 0 aliphatic rings. The van der Waals surface area contributed by atoms with Crippen molar-refractivity contribution in [3.8, 4) is 0 Å². The van der Waals surface area contributed by atoms with E-state index in [1.165, 1.54) is 0 Å². The Bertz CT molecular complexity index is 1010. The predicted molar refractivity (Wildman–Crippen MR) is 132 cm³/mol. The lowest BCUT2D eigenvalue weighted by molar-refractivity contribution is -0.156. The summed E-state index contributed by atoms with van der Waals surface area (Å²) in [6, 6.07) is 11.7. The molecule has 34 heavy (non-hydrogen) atoms. The van der Waals surface area contributed by atoms with Crippen LogP contribution >= 0.6 is 0 Å². The van der Waals surface area contributed by atoms with Gasteiger partial charge < -0.3 is 25.5 Å². The molecule has 3 N–H and O–H groups in total. The predicted octanol–water partition coefficient (Wildman–Crippen LogP) is 3.20. The van der Waals surface area contributed by atoms with Gasteiger partial charge in [0.05, 0.1) is 19.0 Å². The molecule has 0 bridgehead atoms. The Morgan fingerprint density at radius 1 is 1.00 bits per heavy atom. The van der Waals surface area contributed by atoms with Gasteiger partial charge in [-0.05, 0) is 44.6 Å². The van der Waals surface area contributed by atoms with Crippen molar-refractivity contribution in [2.45, 2.75) is 65.1 Å². The van der Waals surface area contributed by atoms with Crippen LogP contribution < -0.4 is 16.0 Å². The van der Waals surface area contributed by atoms with Crippen LogP contribution in [-0.2, 0) is 23.9 Å². The molecule has 2 rings (SSSR count). The van der Waals surface area contributed by atoms with Crippen molar-refractivity contribution in [3.05, 3.63) is 42.5 Å². The van der Waals surface area contributed by atoms with Gasteiger partial charge in [-0.1, -0.05) is 50.2 Å². The summed E-state index contributed by atoms with van der Waals surface area (Å²) < 4.78 is 5.22. The Labute approximate surface area is 200 Å². The molecule has 0 aromatic heterocycles. The van der Waals surface area contributed by atoms with Gasteiger partial charge in [-0.15, -0.1) is 0 Å². The summed E-state index contributed by atoms with van der Waals surface area (Å²) in [4.78, 5) is 49.0. The Balaban J connectivity index is 1.99. The number of hydrogen-bond donors (Lipinski definition) is 3. The van der Waals surface area contributed by atoms with Gasteiger partial charge in [0.1, 0.15) is 17.9 Å². The molecule has 0 heterocycles. The molecule has 8 nitrogen and oxygen atoms in total. The molecule has 2 aromatic rings. The van der Waals surface area contributed by atoms with E-state index in [1.54, 1.807) is 20.8 Å². The molecule has 0 saturated heterocycles. The van der Waals surface area contributed by atoms with Gasteiger partial charge in [0, 0.05) is 11.1 Å². The van der Waals surface area contributed by atoms with Crippen LogP contribution in [0.15, 0.2) is 42.5 Å². The van der Waals surface area contributed by atoms with E-state index in [1.807, 2.05) is 56.3 Å². The Morgan fingerprint density at radius 2 is 1.68 bits per heavy atom. The average molecular weight is 470 g/mol. The van der Waals surface area contributed by atoms with E-state index in [0.29, 0.717) is 12.7 Å². The van der Waals surface area contributed by atoms with Gasteiger partial charge in [0.2, 0.25) is 11.8 Å². The zero-order chi connectivity index (χ0) is 25.3. The maximum Gasteiger partial charge on any atom is 0.308 e. The molecule has 2 aromatic carbocycles. The van der Waals surface area contributed by atoms with E-state index < -0.39 is 29.6 Å². The second-order valence-electron chi connectivity index (χ2n) is 9.67. The van der Waals surface area contributed by atoms with Crippen LogP contribution in [0.25, 0.3) is 10.8 Å². The SMILES string of the molecule is CC(C)C[C@H](NC(=O)CNc1cccc2ccccc12)C(=O)NC(C=O)CC(=O)OC(C)(C)C. The Hall–Kier alpha value is -3.42. The highest BCUT2D eigenvalue weighted by atomic mass is 16.6.